The van der Waals surface area contributed by atoms with E-state index < -0.39 is 11.1 Å². The molecule has 1 aromatic carbocycles. The Morgan fingerprint density at radius 1 is 1.32 bits per heavy atom. The Hall–Kier alpha value is -1.73. The van der Waals surface area contributed by atoms with E-state index in [4.69, 9.17) is 9.29 Å². The monoisotopic (exact) mass is 327 g/mol. The molecular weight excluding hydrogens is 306 g/mol. The third-order valence-corrected chi connectivity index (χ3v) is 3.74. The molecule has 0 heterocycles. The van der Waals surface area contributed by atoms with Gasteiger partial charge in [-0.05, 0) is 36.6 Å². The van der Waals surface area contributed by atoms with Crippen molar-refractivity contribution in [2.24, 2.45) is 0 Å². The number of nitrogens with zero attached hydrogens (tertiary/aromatic N) is 1. The van der Waals surface area contributed by atoms with Crippen molar-refractivity contribution in [2.45, 2.75) is 27.2 Å². The van der Waals surface area contributed by atoms with Gasteiger partial charge in [-0.1, -0.05) is 6.07 Å². The van der Waals surface area contributed by atoms with Crippen LogP contribution in [0.1, 0.15) is 25.0 Å². The highest BCUT2D eigenvalue weighted by molar-refractivity contribution is 7.79. The molecule has 1 aromatic rings. The van der Waals surface area contributed by atoms with Crippen molar-refractivity contribution in [2.75, 3.05) is 23.8 Å². The minimum Gasteiger partial charge on any atom is -0.464 e. The van der Waals surface area contributed by atoms with Gasteiger partial charge in [-0.25, -0.2) is 4.21 Å². The summed E-state index contributed by atoms with van der Waals surface area (Å²) < 4.78 is 24.4. The number of ether oxygens (including phenoxy) is 1. The molecule has 1 rings (SSSR count). The number of benzene rings is 1. The van der Waals surface area contributed by atoms with Crippen LogP contribution in [0.2, 0.25) is 0 Å². The second-order valence-electron chi connectivity index (χ2n) is 4.90. The maximum atomic E-state index is 11.7. The summed E-state index contributed by atoms with van der Waals surface area (Å²) in [5.41, 5.74) is 2.63. The van der Waals surface area contributed by atoms with Crippen molar-refractivity contribution in [3.05, 3.63) is 29.3 Å². The van der Waals surface area contributed by atoms with Gasteiger partial charge in [0.1, 0.15) is 6.61 Å². The predicted molar refractivity (Wildman–Crippen MR) is 85.2 cm³/mol. The Kier molecular flexibility index (Phi) is 7.20. The normalized spacial score (nSPS) is 11.8. The fraction of sp³-hybridized carbons (Fsp3) is 0.467. The number of aryl methyl sites for hydroxylation is 2. The number of carbonyl (C=O) groups excluding carboxylic acids is 2. The third-order valence-electron chi connectivity index (χ3n) is 3.18. The quantitative estimate of drug-likeness (QED) is 0.608. The lowest BCUT2D eigenvalue weighted by atomic mass is 10.1. The van der Waals surface area contributed by atoms with E-state index in [1.165, 1.54) is 18.7 Å². The molecule has 1 amide bonds. The fourth-order valence-corrected chi connectivity index (χ4v) is 2.47. The van der Waals surface area contributed by atoms with Crippen molar-refractivity contribution in [3.8, 4) is 0 Å². The van der Waals surface area contributed by atoms with Crippen molar-refractivity contribution in [1.82, 2.24) is 0 Å². The zero-order valence-corrected chi connectivity index (χ0v) is 13.8. The molecule has 0 aliphatic carbocycles. The summed E-state index contributed by atoms with van der Waals surface area (Å²) in [4.78, 5) is 24.1. The molecule has 0 saturated heterocycles. The van der Waals surface area contributed by atoms with E-state index in [0.29, 0.717) is 12.1 Å². The van der Waals surface area contributed by atoms with Crippen LogP contribution in [0.25, 0.3) is 0 Å². The van der Waals surface area contributed by atoms with Crippen LogP contribution in [0, 0.1) is 6.92 Å². The first-order chi connectivity index (χ1) is 10.3. The molecule has 0 aliphatic rings. The minimum atomic E-state index is -1.82. The largest absolute Gasteiger partial charge is 0.464 e. The number of amides is 1. The summed E-state index contributed by atoms with van der Waals surface area (Å²) in [5, 5.41) is 0. The summed E-state index contributed by atoms with van der Waals surface area (Å²) in [5.74, 6) is -0.342. The Labute approximate surface area is 132 Å². The Morgan fingerprint density at radius 2 is 2.00 bits per heavy atom. The lowest BCUT2D eigenvalue weighted by Crippen LogP contribution is -2.32. The minimum absolute atomic E-state index is 0.138. The first-order valence-corrected chi connectivity index (χ1v) is 8.17. The summed E-state index contributed by atoms with van der Waals surface area (Å²) >= 11 is -1.82. The lowest BCUT2D eigenvalue weighted by Gasteiger charge is -2.22. The molecule has 0 aliphatic heterocycles. The molecule has 0 bridgehead atoms. The molecule has 0 radical (unpaired) electrons. The van der Waals surface area contributed by atoms with Crippen LogP contribution >= 0.6 is 0 Å². The Balaban J connectivity index is 2.83. The zero-order valence-electron chi connectivity index (χ0n) is 13.0. The van der Waals surface area contributed by atoms with Gasteiger partial charge < -0.3 is 14.2 Å². The average Bonchev–Trinajstić information content (AvgIpc) is 2.41. The van der Waals surface area contributed by atoms with Crippen molar-refractivity contribution < 1.29 is 23.1 Å². The number of esters is 1. The number of hydrogen-bond donors (Lipinski definition) is 1. The summed E-state index contributed by atoms with van der Waals surface area (Å²) in [6.07, 6.45) is 0.503. The Bertz CT molecular complexity index is 573. The lowest BCUT2D eigenvalue weighted by molar-refractivity contribution is -0.140. The molecule has 1 unspecified atom stereocenters. The van der Waals surface area contributed by atoms with Crippen molar-refractivity contribution in [3.63, 3.8) is 0 Å². The van der Waals surface area contributed by atoms with E-state index in [9.17, 15) is 13.8 Å². The van der Waals surface area contributed by atoms with Crippen molar-refractivity contribution >= 4 is 28.6 Å². The van der Waals surface area contributed by atoms with Crippen LogP contribution in [-0.4, -0.2) is 39.5 Å². The van der Waals surface area contributed by atoms with Crippen LogP contribution in [0.3, 0.4) is 0 Å². The SMILES string of the molecule is CC(=O)OCCN(C(C)=O)c1ccc(CCS(=O)O)c(C)c1. The van der Waals surface area contributed by atoms with Crippen LogP contribution in [0.5, 0.6) is 0 Å². The molecule has 122 valence electrons. The molecule has 0 spiro atoms. The maximum Gasteiger partial charge on any atom is 0.302 e. The van der Waals surface area contributed by atoms with E-state index in [1.807, 2.05) is 19.1 Å². The number of rotatable bonds is 7. The molecule has 0 saturated carbocycles. The maximum absolute atomic E-state index is 11.7. The molecule has 6 nitrogen and oxygen atoms in total. The van der Waals surface area contributed by atoms with E-state index >= 15 is 0 Å². The summed E-state index contributed by atoms with van der Waals surface area (Å²) in [6.45, 7) is 5.09. The molecule has 1 N–H and O–H groups in total. The molecular formula is C15H21NO5S. The highest BCUT2D eigenvalue weighted by atomic mass is 32.2. The van der Waals surface area contributed by atoms with E-state index in [1.54, 1.807) is 6.07 Å². The predicted octanol–water partition coefficient (Wildman–Crippen LogP) is 1.68. The van der Waals surface area contributed by atoms with Crippen LogP contribution in [0.4, 0.5) is 5.69 Å². The number of anilines is 1. The van der Waals surface area contributed by atoms with Gasteiger partial charge >= 0.3 is 5.97 Å². The molecule has 0 aromatic heterocycles. The van der Waals surface area contributed by atoms with Crippen LogP contribution < -0.4 is 4.90 Å². The zero-order chi connectivity index (χ0) is 16.7. The summed E-state index contributed by atoms with van der Waals surface area (Å²) in [6, 6.07) is 5.49. The van der Waals surface area contributed by atoms with E-state index in [2.05, 4.69) is 0 Å². The van der Waals surface area contributed by atoms with Gasteiger partial charge in [-0.3, -0.25) is 9.59 Å². The van der Waals surface area contributed by atoms with Crippen molar-refractivity contribution in [1.29, 1.82) is 0 Å². The molecule has 22 heavy (non-hydrogen) atoms. The van der Waals surface area contributed by atoms with Gasteiger partial charge in [-0.2, -0.15) is 0 Å². The van der Waals surface area contributed by atoms with E-state index in [-0.39, 0.29) is 30.8 Å². The smallest absolute Gasteiger partial charge is 0.302 e. The highest BCUT2D eigenvalue weighted by Crippen LogP contribution is 2.20. The molecule has 1 atom stereocenters. The van der Waals surface area contributed by atoms with Crippen LogP contribution in [0.15, 0.2) is 18.2 Å². The topological polar surface area (TPSA) is 83.9 Å². The summed E-state index contributed by atoms with van der Waals surface area (Å²) in [7, 11) is 0. The standard InChI is InChI=1S/C15H21NO5S/c1-11-10-15(5-4-14(11)6-9-22(19)20)16(12(2)17)7-8-21-13(3)18/h4-5,10H,6-9H2,1-3H3,(H,19,20). The van der Waals surface area contributed by atoms with Gasteiger partial charge in [0, 0.05) is 19.5 Å². The fourth-order valence-electron chi connectivity index (χ4n) is 2.07. The van der Waals surface area contributed by atoms with Gasteiger partial charge in [0.05, 0.1) is 12.3 Å². The second-order valence-corrected chi connectivity index (χ2v) is 5.95. The number of carbonyl (C=O) groups is 2. The van der Waals surface area contributed by atoms with Crippen LogP contribution in [-0.2, 0) is 31.8 Å². The van der Waals surface area contributed by atoms with E-state index in [0.717, 1.165) is 11.1 Å². The van der Waals surface area contributed by atoms with Gasteiger partial charge in [0.15, 0.2) is 11.1 Å². The van der Waals surface area contributed by atoms with Gasteiger partial charge in [0.25, 0.3) is 0 Å². The average molecular weight is 327 g/mol. The Morgan fingerprint density at radius 3 is 2.50 bits per heavy atom. The van der Waals surface area contributed by atoms with Gasteiger partial charge in [-0.15, -0.1) is 0 Å². The molecule has 7 heteroatoms. The van der Waals surface area contributed by atoms with Gasteiger partial charge in [0.2, 0.25) is 5.91 Å². The highest BCUT2D eigenvalue weighted by Gasteiger charge is 2.13. The number of hydrogen-bond acceptors (Lipinski definition) is 4. The third kappa shape index (κ3) is 5.95. The molecule has 0 fully saturated rings. The first-order valence-electron chi connectivity index (χ1n) is 6.89. The first kappa shape index (κ1) is 18.3. The second kappa shape index (κ2) is 8.65.